The summed E-state index contributed by atoms with van der Waals surface area (Å²) in [5.74, 6) is -4.62. The number of aliphatic hydroxyl groups excluding tert-OH is 5. The van der Waals surface area contributed by atoms with Gasteiger partial charge in [-0.1, -0.05) is 25.1 Å². The van der Waals surface area contributed by atoms with Crippen LogP contribution in [0.5, 0.6) is 0 Å². The van der Waals surface area contributed by atoms with Crippen LogP contribution in [0.15, 0.2) is 42.2 Å². The van der Waals surface area contributed by atoms with Gasteiger partial charge in [0.15, 0.2) is 6.29 Å². The molecule has 3 aliphatic rings. The Balaban J connectivity index is 1.58. The zero-order valence-corrected chi connectivity index (χ0v) is 18.7. The minimum absolute atomic E-state index is 0.249. The fourth-order valence-corrected chi connectivity index (χ4v) is 4.98. The Kier molecular flexibility index (Phi) is 7.43. The van der Waals surface area contributed by atoms with Crippen molar-refractivity contribution in [2.45, 2.75) is 56.1 Å². The van der Waals surface area contributed by atoms with Crippen molar-refractivity contribution >= 4 is 11.9 Å². The number of carboxylic acids is 1. The Hall–Kier alpha value is -2.58. The van der Waals surface area contributed by atoms with Gasteiger partial charge >= 0.3 is 11.9 Å². The number of aliphatic hydroxyl groups is 5. The van der Waals surface area contributed by atoms with E-state index in [0.717, 1.165) is 6.26 Å². The maximum Gasteiger partial charge on any atom is 0.338 e. The van der Waals surface area contributed by atoms with Crippen molar-refractivity contribution in [2.24, 2.45) is 17.8 Å². The molecule has 0 radical (unpaired) electrons. The number of carboxylic acid groups (broad SMARTS) is 1. The standard InChI is InChI=1S/C23H28O12/c1-9-13-14(16(26)19(9)34-21(31)10-5-3-2-4-6-10)11(20(29)30)8-32-22(13)35-23-18(28)17(27)15(25)12(7-24)33-23/h2-6,8-9,12-19,22-28H,7H2,1H3,(H,29,30)/t9-,12-,13+,14-,15+,16-,17+,18+,19+,22+,23-/m0/s1. The number of aliphatic carboxylic acids is 1. The normalized spacial score (nSPS) is 40.9. The minimum Gasteiger partial charge on any atom is -0.478 e. The Bertz CT molecular complexity index is 949. The molecule has 12 heteroatoms. The summed E-state index contributed by atoms with van der Waals surface area (Å²) in [6, 6.07) is 8.10. The number of fused-ring (bicyclic) bond motifs is 1. The zero-order valence-electron chi connectivity index (χ0n) is 18.7. The van der Waals surface area contributed by atoms with Crippen LogP contribution in [0.3, 0.4) is 0 Å². The van der Waals surface area contributed by atoms with Gasteiger partial charge in [-0.2, -0.15) is 0 Å². The average Bonchev–Trinajstić information content (AvgIpc) is 3.10. The second kappa shape index (κ2) is 10.2. The van der Waals surface area contributed by atoms with E-state index >= 15 is 0 Å². The maximum atomic E-state index is 12.6. The Morgan fingerprint density at radius 1 is 0.971 bits per heavy atom. The van der Waals surface area contributed by atoms with Crippen LogP contribution in [0.4, 0.5) is 0 Å². The summed E-state index contributed by atoms with van der Waals surface area (Å²) in [6.07, 6.45) is -10.7. The highest BCUT2D eigenvalue weighted by Gasteiger charge is 2.59. The molecular weight excluding hydrogens is 468 g/mol. The fraction of sp³-hybridized carbons (Fsp3) is 0.565. The third-order valence-corrected chi connectivity index (χ3v) is 6.86. The monoisotopic (exact) mass is 496 g/mol. The van der Waals surface area contributed by atoms with Crippen LogP contribution in [0.1, 0.15) is 17.3 Å². The maximum absolute atomic E-state index is 12.6. The average molecular weight is 496 g/mol. The molecule has 6 N–H and O–H groups in total. The van der Waals surface area contributed by atoms with Crippen LogP contribution < -0.4 is 0 Å². The molecule has 1 aliphatic carbocycles. The summed E-state index contributed by atoms with van der Waals surface area (Å²) < 4.78 is 22.1. The molecule has 0 amide bonds. The molecule has 1 aromatic carbocycles. The summed E-state index contributed by atoms with van der Waals surface area (Å²) in [5.41, 5.74) is 0.00223. The lowest BCUT2D eigenvalue weighted by Gasteiger charge is -2.43. The molecule has 35 heavy (non-hydrogen) atoms. The molecule has 2 heterocycles. The van der Waals surface area contributed by atoms with E-state index in [0.29, 0.717) is 0 Å². The van der Waals surface area contributed by atoms with Gasteiger partial charge in [0.2, 0.25) is 6.29 Å². The highest BCUT2D eigenvalue weighted by Crippen LogP contribution is 2.48. The SMILES string of the molecule is C[C@@H]1[C@@H](OC(=O)c2ccccc2)[C@@H](O)[C@H]2C(C(=O)O)=CO[C@H](O[C@@H]3O[C@@H](CO)[C@@H](O)[C@@H](O)[C@H]3O)[C@H]12. The summed E-state index contributed by atoms with van der Waals surface area (Å²) >= 11 is 0. The van der Waals surface area contributed by atoms with Gasteiger partial charge in [-0.05, 0) is 12.1 Å². The number of carbonyl (C=O) groups excluding carboxylic acids is 1. The molecule has 1 saturated heterocycles. The number of hydrogen-bond acceptors (Lipinski definition) is 11. The van der Waals surface area contributed by atoms with E-state index in [4.69, 9.17) is 18.9 Å². The predicted octanol–water partition coefficient (Wildman–Crippen LogP) is -1.40. The van der Waals surface area contributed by atoms with E-state index in [2.05, 4.69) is 0 Å². The van der Waals surface area contributed by atoms with Crippen molar-refractivity contribution in [1.29, 1.82) is 0 Å². The third-order valence-electron chi connectivity index (χ3n) is 6.86. The topological polar surface area (TPSA) is 192 Å². The second-order valence-electron chi connectivity index (χ2n) is 8.90. The molecule has 1 saturated carbocycles. The molecule has 2 aliphatic heterocycles. The van der Waals surface area contributed by atoms with Crippen LogP contribution in [0, 0.1) is 17.8 Å². The number of ether oxygens (including phenoxy) is 4. The zero-order chi connectivity index (χ0) is 25.4. The van der Waals surface area contributed by atoms with E-state index < -0.39 is 85.5 Å². The lowest BCUT2D eigenvalue weighted by atomic mass is 9.82. The summed E-state index contributed by atoms with van der Waals surface area (Å²) in [5, 5.41) is 60.4. The predicted molar refractivity (Wildman–Crippen MR) is 113 cm³/mol. The van der Waals surface area contributed by atoms with Crippen LogP contribution in [0.2, 0.25) is 0 Å². The summed E-state index contributed by atoms with van der Waals surface area (Å²) in [7, 11) is 0. The lowest BCUT2D eigenvalue weighted by Crippen LogP contribution is -2.60. The van der Waals surface area contributed by atoms with Gasteiger partial charge in [-0.3, -0.25) is 0 Å². The van der Waals surface area contributed by atoms with E-state index in [1.807, 2.05) is 0 Å². The molecule has 4 rings (SSSR count). The van der Waals surface area contributed by atoms with E-state index in [1.165, 1.54) is 12.1 Å². The molecule has 12 nitrogen and oxygen atoms in total. The first-order valence-electron chi connectivity index (χ1n) is 11.1. The van der Waals surface area contributed by atoms with Crippen LogP contribution >= 0.6 is 0 Å². The number of rotatable bonds is 6. The molecule has 0 spiro atoms. The van der Waals surface area contributed by atoms with Crippen molar-refractivity contribution in [2.75, 3.05) is 6.61 Å². The molecule has 0 bridgehead atoms. The molecule has 192 valence electrons. The molecule has 1 aromatic rings. The van der Waals surface area contributed by atoms with Crippen molar-refractivity contribution in [3.8, 4) is 0 Å². The number of benzene rings is 1. The molecule has 0 aromatic heterocycles. The summed E-state index contributed by atoms with van der Waals surface area (Å²) in [4.78, 5) is 24.5. The van der Waals surface area contributed by atoms with Gasteiger partial charge in [-0.25, -0.2) is 9.59 Å². The van der Waals surface area contributed by atoms with Gasteiger partial charge < -0.3 is 49.6 Å². The minimum atomic E-state index is -1.71. The third kappa shape index (κ3) is 4.66. The molecule has 0 unspecified atom stereocenters. The molecule has 11 atom stereocenters. The first-order valence-corrected chi connectivity index (χ1v) is 11.1. The van der Waals surface area contributed by atoms with Gasteiger partial charge in [0, 0.05) is 17.8 Å². The molecule has 2 fully saturated rings. The first-order chi connectivity index (χ1) is 16.6. The van der Waals surface area contributed by atoms with Crippen LogP contribution in [0.25, 0.3) is 0 Å². The lowest BCUT2D eigenvalue weighted by molar-refractivity contribution is -0.343. The highest BCUT2D eigenvalue weighted by molar-refractivity contribution is 5.89. The van der Waals surface area contributed by atoms with E-state index in [9.17, 15) is 40.2 Å². The Morgan fingerprint density at radius 2 is 1.66 bits per heavy atom. The quantitative estimate of drug-likeness (QED) is 0.253. The number of esters is 1. The van der Waals surface area contributed by atoms with Crippen molar-refractivity contribution in [1.82, 2.24) is 0 Å². The number of carbonyl (C=O) groups is 2. The Labute approximate surface area is 199 Å². The van der Waals surface area contributed by atoms with E-state index in [1.54, 1.807) is 25.1 Å². The first kappa shape index (κ1) is 25.5. The van der Waals surface area contributed by atoms with Crippen LogP contribution in [-0.2, 0) is 23.7 Å². The van der Waals surface area contributed by atoms with Gasteiger partial charge in [-0.15, -0.1) is 0 Å². The van der Waals surface area contributed by atoms with Crippen molar-refractivity contribution in [3.63, 3.8) is 0 Å². The van der Waals surface area contributed by atoms with E-state index in [-0.39, 0.29) is 11.1 Å². The highest BCUT2D eigenvalue weighted by atomic mass is 16.8. The smallest absolute Gasteiger partial charge is 0.338 e. The van der Waals surface area contributed by atoms with Gasteiger partial charge in [0.05, 0.1) is 30.1 Å². The van der Waals surface area contributed by atoms with Crippen molar-refractivity contribution < 1.29 is 59.2 Å². The fourth-order valence-electron chi connectivity index (χ4n) is 4.98. The van der Waals surface area contributed by atoms with Gasteiger partial charge in [0.25, 0.3) is 0 Å². The second-order valence-corrected chi connectivity index (χ2v) is 8.90. The Morgan fingerprint density at radius 3 is 2.29 bits per heavy atom. The summed E-state index contributed by atoms with van der Waals surface area (Å²) in [6.45, 7) is 0.965. The van der Waals surface area contributed by atoms with Crippen molar-refractivity contribution in [3.05, 3.63) is 47.7 Å². The van der Waals surface area contributed by atoms with Gasteiger partial charge in [0.1, 0.15) is 30.5 Å². The number of hydrogen-bond donors (Lipinski definition) is 6. The largest absolute Gasteiger partial charge is 0.478 e. The molecular formula is C23H28O12. The van der Waals surface area contributed by atoms with Crippen LogP contribution in [-0.4, -0.2) is 98.4 Å².